The van der Waals surface area contributed by atoms with E-state index in [1.165, 1.54) is 18.8 Å². The molecule has 0 unspecified atom stereocenters. The van der Waals surface area contributed by atoms with E-state index in [2.05, 4.69) is 23.8 Å². The summed E-state index contributed by atoms with van der Waals surface area (Å²) in [6.45, 7) is 4.25. The molecule has 6 heteroatoms. The first-order valence-electron chi connectivity index (χ1n) is 5.47. The Balaban J connectivity index is 0.000000492. The van der Waals surface area contributed by atoms with E-state index in [1.807, 2.05) is 0 Å². The summed E-state index contributed by atoms with van der Waals surface area (Å²) < 4.78 is 37.1. The topological polar surface area (TPSA) is 51.8 Å². The van der Waals surface area contributed by atoms with Crippen LogP contribution in [0.25, 0.3) is 10.9 Å². The van der Waals surface area contributed by atoms with Gasteiger partial charge in [-0.3, -0.25) is 0 Å². The van der Waals surface area contributed by atoms with Crippen molar-refractivity contribution in [3.8, 4) is 0 Å². The lowest BCUT2D eigenvalue weighted by atomic mass is 10.1. The van der Waals surface area contributed by atoms with Gasteiger partial charge in [-0.1, -0.05) is 20.3 Å². The highest BCUT2D eigenvalue weighted by Gasteiger charge is 2.30. The molecule has 0 spiro atoms. The van der Waals surface area contributed by atoms with Gasteiger partial charge in [-0.15, -0.1) is 0 Å². The highest BCUT2D eigenvalue weighted by atomic mass is 19.4. The van der Waals surface area contributed by atoms with Crippen molar-refractivity contribution in [3.63, 3.8) is 0 Å². The Morgan fingerprint density at radius 3 is 2.33 bits per heavy atom. The fourth-order valence-electron chi connectivity index (χ4n) is 1.25. The summed E-state index contributed by atoms with van der Waals surface area (Å²) in [5.41, 5.74) is 5.10. The molecule has 0 bridgehead atoms. The molecule has 98 valence electrons. The van der Waals surface area contributed by atoms with Crippen molar-refractivity contribution in [2.75, 3.05) is 5.73 Å². The molecule has 0 amide bonds. The van der Waals surface area contributed by atoms with E-state index in [1.54, 1.807) is 0 Å². The van der Waals surface area contributed by atoms with Crippen molar-refractivity contribution >= 4 is 16.7 Å². The van der Waals surface area contributed by atoms with Crippen molar-refractivity contribution in [2.45, 2.75) is 26.4 Å². The van der Waals surface area contributed by atoms with Crippen LogP contribution in [0, 0.1) is 0 Å². The fourth-order valence-corrected chi connectivity index (χ4v) is 1.25. The molecule has 0 aliphatic rings. The minimum absolute atomic E-state index is 0.0473. The maximum atomic E-state index is 12.4. The number of rotatable bonds is 0. The zero-order chi connectivity index (χ0) is 13.8. The van der Waals surface area contributed by atoms with Gasteiger partial charge in [0.2, 0.25) is 0 Å². The average Bonchev–Trinajstić information content (AvgIpc) is 2.29. The first kappa shape index (κ1) is 14.2. The van der Waals surface area contributed by atoms with E-state index in [9.17, 15) is 13.2 Å². The average molecular weight is 257 g/mol. The summed E-state index contributed by atoms with van der Waals surface area (Å²) in [6.07, 6.45) is -1.92. The van der Waals surface area contributed by atoms with Crippen LogP contribution in [0.2, 0.25) is 0 Å². The largest absolute Gasteiger partial charge is 0.416 e. The molecule has 0 radical (unpaired) electrons. The smallest absolute Gasteiger partial charge is 0.383 e. The van der Waals surface area contributed by atoms with Gasteiger partial charge in [-0.05, 0) is 18.2 Å². The van der Waals surface area contributed by atoms with E-state index in [0.29, 0.717) is 5.52 Å². The number of anilines is 1. The molecule has 0 saturated carbocycles. The molecule has 0 aliphatic carbocycles. The molecule has 0 aliphatic heterocycles. The minimum Gasteiger partial charge on any atom is -0.383 e. The quantitative estimate of drug-likeness (QED) is 0.783. The molecule has 0 fully saturated rings. The van der Waals surface area contributed by atoms with Gasteiger partial charge in [0.1, 0.15) is 12.1 Å². The molecule has 1 heterocycles. The van der Waals surface area contributed by atoms with E-state index >= 15 is 0 Å². The van der Waals surface area contributed by atoms with Crippen LogP contribution < -0.4 is 5.73 Å². The Labute approximate surface area is 103 Å². The summed E-state index contributed by atoms with van der Waals surface area (Å²) in [4.78, 5) is 7.44. The van der Waals surface area contributed by atoms with Crippen LogP contribution in [-0.2, 0) is 6.18 Å². The third-order valence-electron chi connectivity index (χ3n) is 1.99. The lowest BCUT2D eigenvalue weighted by Crippen LogP contribution is -2.05. The highest BCUT2D eigenvalue weighted by Crippen LogP contribution is 2.31. The minimum atomic E-state index is -4.38. The predicted octanol–water partition coefficient (Wildman–Crippen LogP) is 3.65. The third kappa shape index (κ3) is 3.32. The molecule has 2 N–H and O–H groups in total. The number of nitrogen functional groups attached to an aromatic ring is 1. The Hall–Kier alpha value is -1.85. The molecule has 3 nitrogen and oxygen atoms in total. The Morgan fingerprint density at radius 1 is 1.17 bits per heavy atom. The van der Waals surface area contributed by atoms with E-state index in [-0.39, 0.29) is 11.2 Å². The Bertz CT molecular complexity index is 523. The molecular formula is C12H14F3N3. The van der Waals surface area contributed by atoms with Crippen molar-refractivity contribution in [3.05, 3.63) is 30.1 Å². The van der Waals surface area contributed by atoms with Crippen molar-refractivity contribution < 1.29 is 13.2 Å². The molecule has 1 aromatic carbocycles. The van der Waals surface area contributed by atoms with Gasteiger partial charge < -0.3 is 5.73 Å². The summed E-state index contributed by atoms with van der Waals surface area (Å²) in [7, 11) is 0. The standard InChI is InChI=1S/C9H6F3N3.C3H8/c10-9(11,12)5-1-2-7-6(3-5)8(13)15-4-14-7;1-3-2/h1-4H,(H2,13,14,15);3H2,1-2H3. The van der Waals surface area contributed by atoms with E-state index < -0.39 is 11.7 Å². The van der Waals surface area contributed by atoms with Crippen LogP contribution in [0.3, 0.4) is 0 Å². The maximum absolute atomic E-state index is 12.4. The molecule has 2 rings (SSSR count). The van der Waals surface area contributed by atoms with Crippen LogP contribution in [0.4, 0.5) is 19.0 Å². The van der Waals surface area contributed by atoms with Crippen LogP contribution >= 0.6 is 0 Å². The molecule has 0 atom stereocenters. The van der Waals surface area contributed by atoms with Crippen LogP contribution in [-0.4, -0.2) is 9.97 Å². The number of halogens is 3. The van der Waals surface area contributed by atoms with Gasteiger partial charge in [0.25, 0.3) is 0 Å². The number of nitrogens with zero attached hydrogens (tertiary/aromatic N) is 2. The van der Waals surface area contributed by atoms with E-state index in [4.69, 9.17) is 5.73 Å². The van der Waals surface area contributed by atoms with Crippen LogP contribution in [0.15, 0.2) is 24.5 Å². The normalized spacial score (nSPS) is 10.9. The highest BCUT2D eigenvalue weighted by molar-refractivity contribution is 5.88. The van der Waals surface area contributed by atoms with Crippen molar-refractivity contribution in [1.29, 1.82) is 0 Å². The van der Waals surface area contributed by atoms with Gasteiger partial charge >= 0.3 is 6.18 Å². The van der Waals surface area contributed by atoms with Crippen LogP contribution in [0.1, 0.15) is 25.8 Å². The summed E-state index contributed by atoms with van der Waals surface area (Å²) >= 11 is 0. The lowest BCUT2D eigenvalue weighted by molar-refractivity contribution is -0.137. The molecule has 0 saturated heterocycles. The SMILES string of the molecule is CCC.Nc1ncnc2ccc(C(F)(F)F)cc12. The Kier molecular flexibility index (Phi) is 4.47. The number of aromatic nitrogens is 2. The molecule has 1 aromatic heterocycles. The monoisotopic (exact) mass is 257 g/mol. The third-order valence-corrected chi connectivity index (χ3v) is 1.99. The second-order valence-electron chi connectivity index (χ2n) is 3.70. The summed E-state index contributed by atoms with van der Waals surface area (Å²) in [6, 6.07) is 3.19. The number of hydrogen-bond donors (Lipinski definition) is 1. The first-order chi connectivity index (χ1) is 8.40. The van der Waals surface area contributed by atoms with Gasteiger partial charge in [0.05, 0.1) is 11.1 Å². The fraction of sp³-hybridized carbons (Fsp3) is 0.333. The second kappa shape index (κ2) is 5.66. The number of alkyl halides is 3. The van der Waals surface area contributed by atoms with Crippen molar-refractivity contribution in [1.82, 2.24) is 9.97 Å². The number of hydrogen-bond acceptors (Lipinski definition) is 3. The van der Waals surface area contributed by atoms with E-state index in [0.717, 1.165) is 12.1 Å². The molecule has 18 heavy (non-hydrogen) atoms. The van der Waals surface area contributed by atoms with Crippen LogP contribution in [0.5, 0.6) is 0 Å². The van der Waals surface area contributed by atoms with Gasteiger partial charge in [0.15, 0.2) is 0 Å². The maximum Gasteiger partial charge on any atom is 0.416 e. The summed E-state index contributed by atoms with van der Waals surface area (Å²) in [5.74, 6) is 0.0473. The first-order valence-corrected chi connectivity index (χ1v) is 5.47. The zero-order valence-electron chi connectivity index (χ0n) is 10.1. The number of benzene rings is 1. The summed E-state index contributed by atoms with van der Waals surface area (Å²) in [5, 5.41) is 0.215. The predicted molar refractivity (Wildman–Crippen MR) is 64.9 cm³/mol. The lowest BCUT2D eigenvalue weighted by Gasteiger charge is -2.07. The number of nitrogens with two attached hydrogens (primary N) is 1. The molecule has 2 aromatic rings. The van der Waals surface area contributed by atoms with Gasteiger partial charge in [-0.2, -0.15) is 13.2 Å². The zero-order valence-corrected chi connectivity index (χ0v) is 10.1. The van der Waals surface area contributed by atoms with Gasteiger partial charge in [0, 0.05) is 5.39 Å². The van der Waals surface area contributed by atoms with Gasteiger partial charge in [-0.25, -0.2) is 9.97 Å². The Morgan fingerprint density at radius 2 is 1.78 bits per heavy atom. The molecular weight excluding hydrogens is 243 g/mol. The second-order valence-corrected chi connectivity index (χ2v) is 3.70. The number of fused-ring (bicyclic) bond motifs is 1. The van der Waals surface area contributed by atoms with Crippen molar-refractivity contribution in [2.24, 2.45) is 0 Å².